The molecule has 1 aromatic carbocycles. The molecule has 0 bridgehead atoms. The summed E-state index contributed by atoms with van der Waals surface area (Å²) in [5, 5.41) is 13.0. The number of phenolic OH excluding ortho intramolecular Hbond substituents is 1. The van der Waals surface area contributed by atoms with Crippen molar-refractivity contribution in [1.29, 1.82) is 0 Å². The number of benzene rings is 1. The summed E-state index contributed by atoms with van der Waals surface area (Å²) in [4.78, 5) is 0. The van der Waals surface area contributed by atoms with Gasteiger partial charge in [0.15, 0.2) is 11.5 Å². The Labute approximate surface area is 102 Å². The van der Waals surface area contributed by atoms with E-state index in [0.29, 0.717) is 11.8 Å². The van der Waals surface area contributed by atoms with E-state index in [-0.39, 0.29) is 18.2 Å². The van der Waals surface area contributed by atoms with Crippen molar-refractivity contribution >= 4 is 12.4 Å². The summed E-state index contributed by atoms with van der Waals surface area (Å²) >= 11 is 0. The summed E-state index contributed by atoms with van der Waals surface area (Å²) in [6, 6.07) is 5.98. The van der Waals surface area contributed by atoms with Gasteiger partial charge in [-0.25, -0.2) is 0 Å². The number of hydrogen-bond acceptors (Lipinski definition) is 3. The topological polar surface area (TPSA) is 41.5 Å². The number of hydrogen-bond donors (Lipinski definition) is 2. The van der Waals surface area contributed by atoms with Crippen LogP contribution < -0.4 is 10.1 Å². The first-order valence-electron chi connectivity index (χ1n) is 5.41. The molecule has 0 unspecified atom stereocenters. The number of methoxy groups -OCH3 is 1. The lowest BCUT2D eigenvalue weighted by Crippen LogP contribution is -2.26. The zero-order valence-corrected chi connectivity index (χ0v) is 10.2. The summed E-state index contributed by atoms with van der Waals surface area (Å²) in [5.41, 5.74) is 1.20. The molecule has 1 heterocycles. The van der Waals surface area contributed by atoms with Gasteiger partial charge >= 0.3 is 0 Å². The molecule has 2 N–H and O–H groups in total. The number of phenols is 1. The fourth-order valence-electron chi connectivity index (χ4n) is 2.05. The van der Waals surface area contributed by atoms with Gasteiger partial charge in [0.1, 0.15) is 0 Å². The molecule has 1 fully saturated rings. The van der Waals surface area contributed by atoms with Crippen molar-refractivity contribution in [2.24, 2.45) is 0 Å². The molecule has 1 aliphatic heterocycles. The van der Waals surface area contributed by atoms with E-state index in [9.17, 15) is 5.11 Å². The maximum atomic E-state index is 9.49. The van der Waals surface area contributed by atoms with Gasteiger partial charge in [-0.3, -0.25) is 0 Å². The third-order valence-corrected chi connectivity index (χ3v) is 2.92. The fourth-order valence-corrected chi connectivity index (χ4v) is 2.05. The second kappa shape index (κ2) is 5.97. The average Bonchev–Trinajstić information content (AvgIpc) is 2.31. The van der Waals surface area contributed by atoms with Gasteiger partial charge in [-0.2, -0.15) is 0 Å². The van der Waals surface area contributed by atoms with Gasteiger partial charge in [-0.1, -0.05) is 12.5 Å². The number of halogens is 1. The van der Waals surface area contributed by atoms with Gasteiger partial charge in [0.25, 0.3) is 0 Å². The molecule has 2 rings (SSSR count). The highest BCUT2D eigenvalue weighted by Crippen LogP contribution is 2.31. The minimum atomic E-state index is 0. The molecule has 0 radical (unpaired) electrons. The predicted molar refractivity (Wildman–Crippen MR) is 66.5 cm³/mol. The Morgan fingerprint density at radius 3 is 2.81 bits per heavy atom. The van der Waals surface area contributed by atoms with Crippen LogP contribution >= 0.6 is 12.4 Å². The second-order valence-electron chi connectivity index (χ2n) is 3.93. The molecule has 3 nitrogen and oxygen atoms in total. The molecule has 1 atom stereocenters. The summed E-state index contributed by atoms with van der Waals surface area (Å²) in [7, 11) is 1.58. The summed E-state index contributed by atoms with van der Waals surface area (Å²) in [5.74, 6) is 0.761. The molecule has 90 valence electrons. The van der Waals surface area contributed by atoms with Crippen LogP contribution in [-0.4, -0.2) is 18.8 Å². The highest BCUT2D eigenvalue weighted by molar-refractivity contribution is 5.85. The smallest absolute Gasteiger partial charge is 0.160 e. The van der Waals surface area contributed by atoms with E-state index in [4.69, 9.17) is 4.74 Å². The van der Waals surface area contributed by atoms with Crippen molar-refractivity contribution in [2.75, 3.05) is 13.7 Å². The van der Waals surface area contributed by atoms with Crippen LogP contribution in [0.25, 0.3) is 0 Å². The number of ether oxygens (including phenoxy) is 1. The average molecular weight is 244 g/mol. The van der Waals surface area contributed by atoms with Crippen LogP contribution in [-0.2, 0) is 0 Å². The van der Waals surface area contributed by atoms with Crippen LogP contribution in [0, 0.1) is 0 Å². The Morgan fingerprint density at radius 1 is 1.38 bits per heavy atom. The summed E-state index contributed by atoms with van der Waals surface area (Å²) in [6.07, 6.45) is 3.68. The molecule has 0 saturated carbocycles. The quantitative estimate of drug-likeness (QED) is 0.839. The van der Waals surface area contributed by atoms with Crippen molar-refractivity contribution in [2.45, 2.75) is 25.3 Å². The molecule has 4 heteroatoms. The Kier molecular flexibility index (Phi) is 4.90. The van der Waals surface area contributed by atoms with E-state index in [1.54, 1.807) is 13.2 Å². The predicted octanol–water partition coefficient (Wildman–Crippen LogP) is 2.64. The summed E-state index contributed by atoms with van der Waals surface area (Å²) in [6.45, 7) is 1.08. The lowest BCUT2D eigenvalue weighted by Gasteiger charge is -2.24. The molecule has 0 spiro atoms. The van der Waals surface area contributed by atoms with Gasteiger partial charge < -0.3 is 15.2 Å². The zero-order valence-electron chi connectivity index (χ0n) is 9.40. The van der Waals surface area contributed by atoms with Crippen molar-refractivity contribution < 1.29 is 9.84 Å². The van der Waals surface area contributed by atoms with Crippen molar-refractivity contribution in [3.05, 3.63) is 23.8 Å². The largest absolute Gasteiger partial charge is 0.504 e. The Hall–Kier alpha value is -0.930. The normalized spacial score (nSPS) is 19.9. The monoisotopic (exact) mass is 243 g/mol. The Bertz CT molecular complexity index is 338. The number of piperidine rings is 1. The molecule has 0 aromatic heterocycles. The van der Waals surface area contributed by atoms with Crippen LogP contribution in [0.2, 0.25) is 0 Å². The van der Waals surface area contributed by atoms with E-state index in [1.165, 1.54) is 18.4 Å². The number of nitrogens with one attached hydrogen (secondary N) is 1. The molecule has 1 aromatic rings. The first-order chi connectivity index (χ1) is 7.31. The zero-order chi connectivity index (χ0) is 10.7. The third-order valence-electron chi connectivity index (χ3n) is 2.92. The number of aromatic hydroxyl groups is 1. The lowest BCUT2D eigenvalue weighted by molar-refractivity contribution is 0.369. The van der Waals surface area contributed by atoms with Gasteiger partial charge in [0.2, 0.25) is 0 Å². The third kappa shape index (κ3) is 2.80. The maximum absolute atomic E-state index is 9.49. The van der Waals surface area contributed by atoms with Gasteiger partial charge in [0, 0.05) is 6.04 Å². The molecule has 0 amide bonds. The maximum Gasteiger partial charge on any atom is 0.160 e. The van der Waals surface area contributed by atoms with Crippen LogP contribution in [0.15, 0.2) is 18.2 Å². The van der Waals surface area contributed by atoms with E-state index < -0.39 is 0 Å². The molecule has 16 heavy (non-hydrogen) atoms. The van der Waals surface area contributed by atoms with Crippen LogP contribution in [0.5, 0.6) is 11.5 Å². The van der Waals surface area contributed by atoms with Crippen molar-refractivity contribution in [3.63, 3.8) is 0 Å². The Balaban J connectivity index is 0.00000128. The molecular formula is C12H18ClNO2. The van der Waals surface area contributed by atoms with Crippen molar-refractivity contribution in [1.82, 2.24) is 5.32 Å². The molecule has 1 aliphatic rings. The molecule has 0 aliphatic carbocycles. The van der Waals surface area contributed by atoms with E-state index in [0.717, 1.165) is 13.0 Å². The standard InChI is InChI=1S/C12H17NO2.ClH/c1-15-12-8-9(5-6-11(12)14)10-4-2-3-7-13-10;/h5-6,8,10,13-14H,2-4,7H2,1H3;1H/t10-;/m0./s1. The van der Waals surface area contributed by atoms with Gasteiger partial charge in [0.05, 0.1) is 7.11 Å². The van der Waals surface area contributed by atoms with Crippen LogP contribution in [0.4, 0.5) is 0 Å². The Morgan fingerprint density at radius 2 is 2.19 bits per heavy atom. The second-order valence-corrected chi connectivity index (χ2v) is 3.93. The summed E-state index contributed by atoms with van der Waals surface area (Å²) < 4.78 is 5.10. The lowest BCUT2D eigenvalue weighted by atomic mass is 9.97. The van der Waals surface area contributed by atoms with E-state index >= 15 is 0 Å². The van der Waals surface area contributed by atoms with Crippen molar-refractivity contribution in [3.8, 4) is 11.5 Å². The van der Waals surface area contributed by atoms with Gasteiger partial charge in [-0.15, -0.1) is 12.4 Å². The minimum Gasteiger partial charge on any atom is -0.504 e. The highest BCUT2D eigenvalue weighted by atomic mass is 35.5. The van der Waals surface area contributed by atoms with Gasteiger partial charge in [-0.05, 0) is 37.1 Å². The van der Waals surface area contributed by atoms with E-state index in [1.807, 2.05) is 12.1 Å². The van der Waals surface area contributed by atoms with E-state index in [2.05, 4.69) is 5.32 Å². The first-order valence-corrected chi connectivity index (χ1v) is 5.41. The highest BCUT2D eigenvalue weighted by Gasteiger charge is 2.15. The fraction of sp³-hybridized carbons (Fsp3) is 0.500. The van der Waals surface area contributed by atoms with Crippen LogP contribution in [0.1, 0.15) is 30.9 Å². The van der Waals surface area contributed by atoms with Crippen LogP contribution in [0.3, 0.4) is 0 Å². The minimum absolute atomic E-state index is 0. The number of rotatable bonds is 2. The SMILES string of the molecule is COc1cc([C@@H]2CCCCN2)ccc1O.Cl. The molecule has 1 saturated heterocycles. The molecular weight excluding hydrogens is 226 g/mol. The first kappa shape index (κ1) is 13.1.